The molecule has 0 aliphatic carbocycles. The van der Waals surface area contributed by atoms with E-state index in [-0.39, 0.29) is 6.42 Å². The van der Waals surface area contributed by atoms with Crippen molar-refractivity contribution < 1.29 is 14.6 Å². The molecular weight excluding hydrogens is 230 g/mol. The number of aliphatic carboxylic acids is 1. The lowest BCUT2D eigenvalue weighted by Gasteiger charge is -2.43. The highest BCUT2D eigenvalue weighted by Crippen LogP contribution is 2.31. The first kappa shape index (κ1) is 12.9. The van der Waals surface area contributed by atoms with Gasteiger partial charge < -0.3 is 9.84 Å². The van der Waals surface area contributed by atoms with Crippen molar-refractivity contribution in [3.05, 3.63) is 29.8 Å². The van der Waals surface area contributed by atoms with Crippen LogP contribution in [0, 0.1) is 5.92 Å². The molecule has 1 atom stereocenters. The number of hydrogen-bond acceptors (Lipinski definition) is 3. The predicted molar refractivity (Wildman–Crippen MR) is 68.7 cm³/mol. The molecule has 1 aliphatic heterocycles. The normalized spacial score (nSPS) is 18.1. The highest BCUT2D eigenvalue weighted by Gasteiger charge is 2.32. The van der Waals surface area contributed by atoms with Crippen LogP contribution in [0.1, 0.15) is 24.9 Å². The summed E-state index contributed by atoms with van der Waals surface area (Å²) in [4.78, 5) is 12.9. The molecular formula is C14H19NO3. The van der Waals surface area contributed by atoms with Gasteiger partial charge in [0.1, 0.15) is 5.75 Å². The topological polar surface area (TPSA) is 49.8 Å². The summed E-state index contributed by atoms with van der Waals surface area (Å²) in [6, 6.07) is 8.34. The van der Waals surface area contributed by atoms with Crippen LogP contribution in [-0.2, 0) is 4.79 Å². The number of carboxylic acids is 1. The fraction of sp³-hybridized carbons (Fsp3) is 0.500. The van der Waals surface area contributed by atoms with Gasteiger partial charge in [0.15, 0.2) is 0 Å². The summed E-state index contributed by atoms with van der Waals surface area (Å²) in [7, 11) is 1.66. The van der Waals surface area contributed by atoms with Crippen LogP contribution in [0.4, 0.5) is 0 Å². The van der Waals surface area contributed by atoms with Crippen LogP contribution in [0.2, 0.25) is 0 Å². The minimum Gasteiger partial charge on any atom is -0.497 e. The van der Waals surface area contributed by atoms with Gasteiger partial charge in [-0.2, -0.15) is 0 Å². The summed E-state index contributed by atoms with van der Waals surface area (Å²) < 4.78 is 5.21. The summed E-state index contributed by atoms with van der Waals surface area (Å²) in [5.41, 5.74) is 1.21. The molecule has 0 bridgehead atoms. The smallest absolute Gasteiger partial charge is 0.303 e. The summed E-state index contributed by atoms with van der Waals surface area (Å²) in [5.74, 6) is 0.464. The maximum Gasteiger partial charge on any atom is 0.303 e. The molecule has 4 nitrogen and oxygen atoms in total. The van der Waals surface area contributed by atoms with Crippen LogP contribution in [-0.4, -0.2) is 36.2 Å². The van der Waals surface area contributed by atoms with Crippen molar-refractivity contribution >= 4 is 5.97 Å². The minimum absolute atomic E-state index is 0.279. The molecule has 1 N–H and O–H groups in total. The van der Waals surface area contributed by atoms with Gasteiger partial charge in [0.25, 0.3) is 0 Å². The Kier molecular flexibility index (Phi) is 3.87. The lowest BCUT2D eigenvalue weighted by Crippen LogP contribution is -2.48. The maximum atomic E-state index is 10.6. The van der Waals surface area contributed by atoms with Gasteiger partial charge in [-0.25, -0.2) is 0 Å². The molecule has 98 valence electrons. The standard InChI is InChI=1S/C14H19NO3/c1-10(12-4-3-5-13(7-12)18-2)15-8-11(9-15)6-14(16)17/h3-5,7,10-11H,6,8-9H2,1-2H3,(H,16,17). The minimum atomic E-state index is -0.700. The van der Waals surface area contributed by atoms with Gasteiger partial charge >= 0.3 is 5.97 Å². The Morgan fingerprint density at radius 1 is 1.56 bits per heavy atom. The molecule has 0 aromatic heterocycles. The molecule has 1 saturated heterocycles. The second-order valence-electron chi connectivity index (χ2n) is 4.87. The predicted octanol–water partition coefficient (Wildman–Crippen LogP) is 2.16. The number of hydrogen-bond donors (Lipinski definition) is 1. The molecule has 0 saturated carbocycles. The molecule has 1 fully saturated rings. The second kappa shape index (κ2) is 5.40. The number of carbonyl (C=O) groups is 1. The number of methoxy groups -OCH3 is 1. The lowest BCUT2D eigenvalue weighted by atomic mass is 9.92. The Balaban J connectivity index is 1.92. The van der Waals surface area contributed by atoms with E-state index in [0.717, 1.165) is 18.8 Å². The van der Waals surface area contributed by atoms with Gasteiger partial charge in [-0.15, -0.1) is 0 Å². The highest BCUT2D eigenvalue weighted by atomic mass is 16.5. The van der Waals surface area contributed by atoms with Crippen molar-refractivity contribution in [3.63, 3.8) is 0 Å². The van der Waals surface area contributed by atoms with E-state index in [9.17, 15) is 4.79 Å². The SMILES string of the molecule is COc1cccc(C(C)N2CC(CC(=O)O)C2)c1. The first-order valence-corrected chi connectivity index (χ1v) is 6.20. The van der Waals surface area contributed by atoms with E-state index in [0.29, 0.717) is 12.0 Å². The van der Waals surface area contributed by atoms with Gasteiger partial charge in [-0.1, -0.05) is 12.1 Å². The Morgan fingerprint density at radius 3 is 2.89 bits per heavy atom. The van der Waals surface area contributed by atoms with E-state index >= 15 is 0 Å². The second-order valence-corrected chi connectivity index (χ2v) is 4.87. The fourth-order valence-corrected chi connectivity index (χ4v) is 2.41. The van der Waals surface area contributed by atoms with Crippen molar-refractivity contribution in [1.29, 1.82) is 0 Å². The summed E-state index contributed by atoms with van der Waals surface area (Å²) in [6.45, 7) is 3.88. The summed E-state index contributed by atoms with van der Waals surface area (Å²) in [5, 5.41) is 8.72. The van der Waals surface area contributed by atoms with Crippen molar-refractivity contribution in [2.24, 2.45) is 5.92 Å². The van der Waals surface area contributed by atoms with Crippen molar-refractivity contribution in [3.8, 4) is 5.75 Å². The van der Waals surface area contributed by atoms with Gasteiger partial charge in [0.2, 0.25) is 0 Å². The lowest BCUT2D eigenvalue weighted by molar-refractivity contribution is -0.139. The van der Waals surface area contributed by atoms with Crippen LogP contribution in [0.5, 0.6) is 5.75 Å². The third-order valence-electron chi connectivity index (χ3n) is 3.57. The Bertz CT molecular complexity index is 427. The summed E-state index contributed by atoms with van der Waals surface area (Å²) in [6.07, 6.45) is 0.279. The third-order valence-corrected chi connectivity index (χ3v) is 3.57. The average Bonchev–Trinajstić information content (AvgIpc) is 2.32. The van der Waals surface area contributed by atoms with Gasteiger partial charge in [0, 0.05) is 19.1 Å². The van der Waals surface area contributed by atoms with Crippen LogP contribution in [0.3, 0.4) is 0 Å². The molecule has 0 spiro atoms. The number of rotatable bonds is 5. The quantitative estimate of drug-likeness (QED) is 0.868. The number of ether oxygens (including phenoxy) is 1. The van der Waals surface area contributed by atoms with Gasteiger partial charge in [-0.3, -0.25) is 9.69 Å². The molecule has 1 aromatic rings. The van der Waals surface area contributed by atoms with E-state index in [1.807, 2.05) is 18.2 Å². The van der Waals surface area contributed by atoms with Crippen LogP contribution in [0.15, 0.2) is 24.3 Å². The maximum absolute atomic E-state index is 10.6. The molecule has 1 unspecified atom stereocenters. The number of likely N-dealkylation sites (tertiary alicyclic amines) is 1. The Labute approximate surface area is 107 Å². The van der Waals surface area contributed by atoms with E-state index < -0.39 is 5.97 Å². The van der Waals surface area contributed by atoms with E-state index in [1.54, 1.807) is 7.11 Å². The molecule has 4 heteroatoms. The molecule has 18 heavy (non-hydrogen) atoms. The third kappa shape index (κ3) is 2.82. The van der Waals surface area contributed by atoms with Crippen molar-refractivity contribution in [2.75, 3.05) is 20.2 Å². The number of nitrogens with zero attached hydrogens (tertiary/aromatic N) is 1. The molecule has 0 amide bonds. The molecule has 1 aliphatic rings. The van der Waals surface area contributed by atoms with Gasteiger partial charge in [0.05, 0.1) is 13.5 Å². The highest BCUT2D eigenvalue weighted by molar-refractivity contribution is 5.67. The zero-order valence-electron chi connectivity index (χ0n) is 10.8. The van der Waals surface area contributed by atoms with Crippen LogP contribution >= 0.6 is 0 Å². The van der Waals surface area contributed by atoms with E-state index in [2.05, 4.69) is 17.9 Å². The first-order valence-electron chi connectivity index (χ1n) is 6.20. The zero-order valence-corrected chi connectivity index (χ0v) is 10.8. The Hall–Kier alpha value is -1.55. The molecule has 0 radical (unpaired) electrons. The zero-order chi connectivity index (χ0) is 13.1. The molecule has 2 rings (SSSR count). The first-order chi connectivity index (χ1) is 8.60. The molecule has 1 aromatic carbocycles. The fourth-order valence-electron chi connectivity index (χ4n) is 2.41. The average molecular weight is 249 g/mol. The number of benzene rings is 1. The van der Waals surface area contributed by atoms with E-state index in [4.69, 9.17) is 9.84 Å². The Morgan fingerprint density at radius 2 is 2.28 bits per heavy atom. The van der Waals surface area contributed by atoms with Crippen molar-refractivity contribution in [2.45, 2.75) is 19.4 Å². The summed E-state index contributed by atoms with van der Waals surface area (Å²) >= 11 is 0. The molecule has 1 heterocycles. The van der Waals surface area contributed by atoms with Crippen LogP contribution in [0.25, 0.3) is 0 Å². The van der Waals surface area contributed by atoms with E-state index in [1.165, 1.54) is 5.56 Å². The largest absolute Gasteiger partial charge is 0.497 e. The monoisotopic (exact) mass is 249 g/mol. The van der Waals surface area contributed by atoms with Crippen molar-refractivity contribution in [1.82, 2.24) is 4.90 Å². The van der Waals surface area contributed by atoms with Crippen LogP contribution < -0.4 is 4.74 Å². The number of carboxylic acid groups (broad SMARTS) is 1. The van der Waals surface area contributed by atoms with Gasteiger partial charge in [-0.05, 0) is 30.5 Å².